The van der Waals surface area contributed by atoms with Crippen LogP contribution in [0.4, 0.5) is 0 Å². The smallest absolute Gasteiger partial charge is 0.201 e. The van der Waals surface area contributed by atoms with Crippen LogP contribution in [0.3, 0.4) is 0 Å². The van der Waals surface area contributed by atoms with E-state index < -0.39 is 0 Å². The maximum Gasteiger partial charge on any atom is 0.201 e. The lowest BCUT2D eigenvalue weighted by atomic mass is 9.90. The Balaban J connectivity index is 1.56. The van der Waals surface area contributed by atoms with E-state index in [1.54, 1.807) is 0 Å². The van der Waals surface area contributed by atoms with Gasteiger partial charge in [0.25, 0.3) is 0 Å². The van der Waals surface area contributed by atoms with Gasteiger partial charge in [-0.15, -0.1) is 0 Å². The molecule has 3 rings (SSSR count). The lowest BCUT2D eigenvalue weighted by Gasteiger charge is -2.31. The summed E-state index contributed by atoms with van der Waals surface area (Å²) in [5, 5.41) is 0. The van der Waals surface area contributed by atoms with E-state index in [9.17, 15) is 0 Å². The van der Waals surface area contributed by atoms with Gasteiger partial charge in [-0.05, 0) is 24.8 Å². The maximum absolute atomic E-state index is 6.19. The zero-order valence-corrected chi connectivity index (χ0v) is 11.4. The van der Waals surface area contributed by atoms with E-state index in [0.29, 0.717) is 5.92 Å². The molecule has 0 saturated heterocycles. The quantitative estimate of drug-likeness (QED) is 0.907. The van der Waals surface area contributed by atoms with E-state index in [2.05, 4.69) is 0 Å². The van der Waals surface area contributed by atoms with Crippen molar-refractivity contribution in [3.63, 3.8) is 0 Å². The van der Waals surface area contributed by atoms with Crippen LogP contribution in [0.5, 0.6) is 5.75 Å². The van der Waals surface area contributed by atoms with Crippen molar-refractivity contribution in [2.24, 2.45) is 11.7 Å². The Kier molecular flexibility index (Phi) is 4.04. The molecule has 3 nitrogen and oxygen atoms in total. The number of rotatable bonds is 3. The monoisotopic (exact) mass is 261 g/mol. The number of fused-ring (bicyclic) bond motifs is 1. The summed E-state index contributed by atoms with van der Waals surface area (Å²) in [4.78, 5) is 0. The Morgan fingerprint density at radius 1 is 1.16 bits per heavy atom. The molecule has 1 aliphatic heterocycles. The summed E-state index contributed by atoms with van der Waals surface area (Å²) in [5.74, 6) is 1.60. The summed E-state index contributed by atoms with van der Waals surface area (Å²) in [7, 11) is 0. The Bertz CT molecular complexity index is 415. The van der Waals surface area contributed by atoms with E-state index in [1.165, 1.54) is 32.1 Å². The molecule has 1 aliphatic carbocycles. The first kappa shape index (κ1) is 12.9. The predicted octanol–water partition coefficient (Wildman–Crippen LogP) is 3.39. The number of hydrogen-bond acceptors (Lipinski definition) is 3. The number of para-hydroxylation sites is 1. The zero-order valence-electron chi connectivity index (χ0n) is 11.4. The van der Waals surface area contributed by atoms with Crippen molar-refractivity contribution in [3.05, 3.63) is 29.8 Å². The minimum atomic E-state index is -0.174. The van der Waals surface area contributed by atoms with E-state index >= 15 is 0 Å². The van der Waals surface area contributed by atoms with E-state index in [4.69, 9.17) is 15.2 Å². The molecule has 3 heteroatoms. The highest BCUT2D eigenvalue weighted by molar-refractivity contribution is 5.37. The van der Waals surface area contributed by atoms with Gasteiger partial charge in [0.15, 0.2) is 0 Å². The van der Waals surface area contributed by atoms with Gasteiger partial charge in [-0.1, -0.05) is 37.5 Å². The molecule has 2 atom stereocenters. The van der Waals surface area contributed by atoms with Gasteiger partial charge in [-0.2, -0.15) is 0 Å². The fourth-order valence-electron chi connectivity index (χ4n) is 3.12. The highest BCUT2D eigenvalue weighted by Gasteiger charge is 2.27. The van der Waals surface area contributed by atoms with Crippen LogP contribution in [0.1, 0.15) is 50.1 Å². The Hall–Kier alpha value is -1.06. The van der Waals surface area contributed by atoms with E-state index in [-0.39, 0.29) is 12.3 Å². The van der Waals surface area contributed by atoms with Gasteiger partial charge in [0.1, 0.15) is 5.75 Å². The summed E-state index contributed by atoms with van der Waals surface area (Å²) >= 11 is 0. The molecular weight excluding hydrogens is 238 g/mol. The van der Waals surface area contributed by atoms with Crippen molar-refractivity contribution in [1.82, 2.24) is 0 Å². The molecule has 104 valence electrons. The summed E-state index contributed by atoms with van der Waals surface area (Å²) in [5.41, 5.74) is 7.28. The molecule has 2 unspecified atom stereocenters. The Morgan fingerprint density at radius 2 is 1.95 bits per heavy atom. The predicted molar refractivity (Wildman–Crippen MR) is 74.9 cm³/mol. The fourth-order valence-corrected chi connectivity index (χ4v) is 3.12. The molecule has 0 radical (unpaired) electrons. The molecule has 1 heterocycles. The van der Waals surface area contributed by atoms with E-state index in [0.717, 1.165) is 24.3 Å². The van der Waals surface area contributed by atoms with Gasteiger partial charge < -0.3 is 15.2 Å². The van der Waals surface area contributed by atoms with Crippen LogP contribution >= 0.6 is 0 Å². The molecule has 0 spiro atoms. The summed E-state index contributed by atoms with van der Waals surface area (Å²) in [6, 6.07) is 8.03. The van der Waals surface area contributed by atoms with Crippen molar-refractivity contribution in [2.45, 2.75) is 50.9 Å². The van der Waals surface area contributed by atoms with Crippen molar-refractivity contribution in [3.8, 4) is 5.75 Å². The molecule has 2 N–H and O–H groups in total. The number of nitrogens with two attached hydrogens (primary N) is 1. The van der Waals surface area contributed by atoms with Crippen molar-refractivity contribution >= 4 is 0 Å². The Morgan fingerprint density at radius 3 is 2.79 bits per heavy atom. The SMILES string of the molecule is NC1CC(OCC2CCCCC2)Oc2ccccc21. The minimum absolute atomic E-state index is 0.0290. The minimum Gasteiger partial charge on any atom is -0.465 e. The molecule has 2 aliphatic rings. The largest absolute Gasteiger partial charge is 0.465 e. The third-order valence-electron chi connectivity index (χ3n) is 4.27. The van der Waals surface area contributed by atoms with Crippen molar-refractivity contribution < 1.29 is 9.47 Å². The molecule has 0 bridgehead atoms. The van der Waals surface area contributed by atoms with Crippen molar-refractivity contribution in [2.75, 3.05) is 6.61 Å². The third kappa shape index (κ3) is 3.10. The molecule has 0 aromatic heterocycles. The van der Waals surface area contributed by atoms with Crippen LogP contribution in [0.2, 0.25) is 0 Å². The van der Waals surface area contributed by atoms with Crippen LogP contribution in [-0.2, 0) is 4.74 Å². The maximum atomic E-state index is 6.19. The lowest BCUT2D eigenvalue weighted by Crippen LogP contribution is -2.33. The van der Waals surface area contributed by atoms with Crippen molar-refractivity contribution in [1.29, 1.82) is 0 Å². The first-order valence-corrected chi connectivity index (χ1v) is 7.45. The number of benzene rings is 1. The molecule has 1 aromatic carbocycles. The topological polar surface area (TPSA) is 44.5 Å². The van der Waals surface area contributed by atoms with Gasteiger partial charge in [-0.3, -0.25) is 0 Å². The second-order valence-electron chi connectivity index (χ2n) is 5.76. The first-order valence-electron chi connectivity index (χ1n) is 7.45. The summed E-state index contributed by atoms with van der Waals surface area (Å²) < 4.78 is 11.8. The molecule has 1 saturated carbocycles. The molecule has 0 amide bonds. The van der Waals surface area contributed by atoms with Gasteiger partial charge in [-0.25, -0.2) is 0 Å². The van der Waals surface area contributed by atoms with Gasteiger partial charge >= 0.3 is 0 Å². The molecular formula is C16H23NO2. The standard InChI is InChI=1S/C16H23NO2/c17-14-10-16(18-11-12-6-2-1-3-7-12)19-15-9-5-4-8-13(14)15/h4-5,8-9,12,14,16H,1-3,6-7,10-11,17H2. The Labute approximate surface area is 115 Å². The number of ether oxygens (including phenoxy) is 2. The zero-order chi connectivity index (χ0) is 13.1. The van der Waals surface area contributed by atoms with Gasteiger partial charge in [0, 0.05) is 18.0 Å². The lowest BCUT2D eigenvalue weighted by molar-refractivity contribution is -0.109. The van der Waals surface area contributed by atoms with Crippen LogP contribution in [0, 0.1) is 5.92 Å². The number of hydrogen-bond donors (Lipinski definition) is 1. The van der Waals surface area contributed by atoms with Gasteiger partial charge in [0.05, 0.1) is 6.61 Å². The average molecular weight is 261 g/mol. The summed E-state index contributed by atoms with van der Waals surface area (Å²) in [6.07, 6.45) is 7.26. The highest BCUT2D eigenvalue weighted by atomic mass is 16.7. The fraction of sp³-hybridized carbons (Fsp3) is 0.625. The first-order chi connectivity index (χ1) is 9.33. The van der Waals surface area contributed by atoms with Crippen LogP contribution in [-0.4, -0.2) is 12.9 Å². The molecule has 19 heavy (non-hydrogen) atoms. The second-order valence-corrected chi connectivity index (χ2v) is 5.76. The molecule has 1 fully saturated rings. The normalized spacial score (nSPS) is 27.6. The highest BCUT2D eigenvalue weighted by Crippen LogP contribution is 2.34. The second kappa shape index (κ2) is 5.93. The summed E-state index contributed by atoms with van der Waals surface area (Å²) in [6.45, 7) is 0.819. The van der Waals surface area contributed by atoms with E-state index in [1.807, 2.05) is 24.3 Å². The van der Waals surface area contributed by atoms with Crippen LogP contribution in [0.25, 0.3) is 0 Å². The van der Waals surface area contributed by atoms with Crippen LogP contribution in [0.15, 0.2) is 24.3 Å². The van der Waals surface area contributed by atoms with Gasteiger partial charge in [0.2, 0.25) is 6.29 Å². The molecule has 1 aromatic rings. The van der Waals surface area contributed by atoms with Crippen LogP contribution < -0.4 is 10.5 Å². The average Bonchev–Trinajstić information content (AvgIpc) is 2.46. The third-order valence-corrected chi connectivity index (χ3v) is 4.27.